The quantitative estimate of drug-likeness (QED) is 0.845. The summed E-state index contributed by atoms with van der Waals surface area (Å²) in [7, 11) is 0. The summed E-state index contributed by atoms with van der Waals surface area (Å²) in [6, 6.07) is 7.30. The smallest absolute Gasteiger partial charge is 0.0653 e. The molecular weight excluding hydrogens is 210 g/mol. The van der Waals surface area contributed by atoms with Crippen LogP contribution in [0.2, 0.25) is 0 Å². The molecule has 1 aliphatic carbocycles. The van der Waals surface area contributed by atoms with Gasteiger partial charge in [-0.05, 0) is 43.4 Å². The summed E-state index contributed by atoms with van der Waals surface area (Å²) in [6.07, 6.45) is 5.66. The molecule has 3 nitrogen and oxygen atoms in total. The number of aromatic nitrogens is 2. The molecule has 1 aromatic carbocycles. The monoisotopic (exact) mass is 229 g/mol. The van der Waals surface area contributed by atoms with Gasteiger partial charge in [-0.25, -0.2) is 0 Å². The van der Waals surface area contributed by atoms with E-state index in [4.69, 9.17) is 0 Å². The van der Waals surface area contributed by atoms with E-state index in [1.165, 1.54) is 23.8 Å². The van der Waals surface area contributed by atoms with Crippen LogP contribution in [0.3, 0.4) is 0 Å². The largest absolute Gasteiger partial charge is 0.314 e. The van der Waals surface area contributed by atoms with Crippen molar-refractivity contribution in [2.45, 2.75) is 32.2 Å². The number of H-pyrrole nitrogens is 1. The highest BCUT2D eigenvalue weighted by Crippen LogP contribution is 2.26. The van der Waals surface area contributed by atoms with Gasteiger partial charge in [-0.2, -0.15) is 5.10 Å². The maximum atomic E-state index is 4.04. The van der Waals surface area contributed by atoms with Gasteiger partial charge in [0, 0.05) is 11.4 Å². The lowest BCUT2D eigenvalue weighted by Crippen LogP contribution is -2.40. The number of hydrogen-bond acceptors (Lipinski definition) is 2. The third-order valence-corrected chi connectivity index (χ3v) is 3.73. The van der Waals surface area contributed by atoms with Crippen molar-refractivity contribution >= 4 is 10.9 Å². The third kappa shape index (κ3) is 2.34. The van der Waals surface area contributed by atoms with E-state index in [2.05, 4.69) is 40.6 Å². The average molecular weight is 229 g/mol. The average Bonchev–Trinajstić information content (AvgIpc) is 2.73. The van der Waals surface area contributed by atoms with Crippen molar-refractivity contribution in [3.63, 3.8) is 0 Å². The first-order valence-electron chi connectivity index (χ1n) is 6.46. The van der Waals surface area contributed by atoms with Crippen molar-refractivity contribution in [2.24, 2.45) is 5.92 Å². The maximum Gasteiger partial charge on any atom is 0.0653 e. The Morgan fingerprint density at radius 3 is 3.12 bits per heavy atom. The van der Waals surface area contributed by atoms with Gasteiger partial charge in [0.1, 0.15) is 0 Å². The first kappa shape index (κ1) is 10.8. The fraction of sp³-hybridized carbons (Fsp3) is 0.500. The van der Waals surface area contributed by atoms with Crippen molar-refractivity contribution in [3.05, 3.63) is 30.0 Å². The van der Waals surface area contributed by atoms with Gasteiger partial charge in [0.15, 0.2) is 0 Å². The topological polar surface area (TPSA) is 40.7 Å². The molecule has 2 aromatic rings. The Morgan fingerprint density at radius 2 is 2.29 bits per heavy atom. The van der Waals surface area contributed by atoms with Gasteiger partial charge in [0.25, 0.3) is 0 Å². The number of nitrogens with zero attached hydrogens (tertiary/aromatic N) is 1. The summed E-state index contributed by atoms with van der Waals surface area (Å²) in [5, 5.41) is 11.9. The van der Waals surface area contributed by atoms with Crippen LogP contribution in [0.1, 0.15) is 25.3 Å². The van der Waals surface area contributed by atoms with Gasteiger partial charge in [-0.3, -0.25) is 5.10 Å². The van der Waals surface area contributed by atoms with Crippen molar-refractivity contribution in [3.8, 4) is 0 Å². The maximum absolute atomic E-state index is 4.04. The Kier molecular flexibility index (Phi) is 2.85. The third-order valence-electron chi connectivity index (χ3n) is 3.73. The highest BCUT2D eigenvalue weighted by atomic mass is 15.1. The van der Waals surface area contributed by atoms with E-state index in [0.29, 0.717) is 0 Å². The molecule has 0 radical (unpaired) electrons. The summed E-state index contributed by atoms with van der Waals surface area (Å²) in [4.78, 5) is 0. The van der Waals surface area contributed by atoms with Gasteiger partial charge < -0.3 is 5.32 Å². The predicted molar refractivity (Wildman–Crippen MR) is 70.0 cm³/mol. The molecular formula is C14H19N3. The zero-order valence-electron chi connectivity index (χ0n) is 10.2. The van der Waals surface area contributed by atoms with Crippen LogP contribution in [0.5, 0.6) is 0 Å². The molecule has 17 heavy (non-hydrogen) atoms. The Morgan fingerprint density at radius 1 is 1.41 bits per heavy atom. The molecule has 0 amide bonds. The molecule has 0 unspecified atom stereocenters. The van der Waals surface area contributed by atoms with Crippen LogP contribution in [0.25, 0.3) is 10.9 Å². The van der Waals surface area contributed by atoms with Crippen LogP contribution >= 0.6 is 0 Å². The van der Waals surface area contributed by atoms with E-state index in [9.17, 15) is 0 Å². The van der Waals surface area contributed by atoms with Crippen LogP contribution in [0, 0.1) is 5.92 Å². The fourth-order valence-electron chi connectivity index (χ4n) is 2.63. The second kappa shape index (κ2) is 4.49. The van der Waals surface area contributed by atoms with Crippen LogP contribution in [0.15, 0.2) is 24.4 Å². The Bertz CT molecular complexity index is 497. The standard InChI is InChI=1S/C14H19N3/c1-10-6-13(7-10)15-5-4-11-2-3-12-9-16-17-14(12)8-11/h2-3,8-10,13,15H,4-7H2,1H3,(H,16,17). The van der Waals surface area contributed by atoms with Gasteiger partial charge in [-0.15, -0.1) is 0 Å². The summed E-state index contributed by atoms with van der Waals surface area (Å²) < 4.78 is 0. The van der Waals surface area contributed by atoms with E-state index < -0.39 is 0 Å². The van der Waals surface area contributed by atoms with E-state index >= 15 is 0 Å². The van der Waals surface area contributed by atoms with Gasteiger partial charge in [0.05, 0.1) is 11.7 Å². The SMILES string of the molecule is CC1CC(NCCc2ccc3cn[nH]c3c2)C1. The number of benzene rings is 1. The molecule has 0 bridgehead atoms. The van der Waals surface area contributed by atoms with Gasteiger partial charge in [0.2, 0.25) is 0 Å². The molecule has 1 fully saturated rings. The molecule has 0 atom stereocenters. The summed E-state index contributed by atoms with van der Waals surface area (Å²) >= 11 is 0. The first-order valence-corrected chi connectivity index (χ1v) is 6.46. The Hall–Kier alpha value is -1.35. The molecule has 1 heterocycles. The highest BCUT2D eigenvalue weighted by molar-refractivity contribution is 5.78. The second-order valence-electron chi connectivity index (χ2n) is 5.27. The minimum atomic E-state index is 0.765. The molecule has 90 valence electrons. The minimum absolute atomic E-state index is 0.765. The van der Waals surface area contributed by atoms with E-state index in [0.717, 1.165) is 30.4 Å². The van der Waals surface area contributed by atoms with Crippen molar-refractivity contribution < 1.29 is 0 Å². The van der Waals surface area contributed by atoms with Gasteiger partial charge in [-0.1, -0.05) is 19.1 Å². The van der Waals surface area contributed by atoms with E-state index in [1.807, 2.05) is 6.20 Å². The minimum Gasteiger partial charge on any atom is -0.314 e. The van der Waals surface area contributed by atoms with E-state index in [1.54, 1.807) is 0 Å². The number of aromatic amines is 1. The summed E-state index contributed by atoms with van der Waals surface area (Å²) in [6.45, 7) is 3.40. The lowest BCUT2D eigenvalue weighted by atomic mass is 9.82. The molecule has 0 aliphatic heterocycles. The molecule has 3 heteroatoms. The second-order valence-corrected chi connectivity index (χ2v) is 5.27. The molecule has 1 aliphatic rings. The molecule has 1 aromatic heterocycles. The lowest BCUT2D eigenvalue weighted by molar-refractivity contribution is 0.243. The number of nitrogens with one attached hydrogen (secondary N) is 2. The molecule has 2 N–H and O–H groups in total. The van der Waals surface area contributed by atoms with Crippen LogP contribution in [-0.2, 0) is 6.42 Å². The summed E-state index contributed by atoms with van der Waals surface area (Å²) in [5.74, 6) is 0.925. The number of fused-ring (bicyclic) bond motifs is 1. The van der Waals surface area contributed by atoms with Crippen molar-refractivity contribution in [1.29, 1.82) is 0 Å². The highest BCUT2D eigenvalue weighted by Gasteiger charge is 2.23. The Balaban J connectivity index is 1.53. The zero-order valence-corrected chi connectivity index (χ0v) is 10.2. The Labute approximate surface area is 102 Å². The fourth-order valence-corrected chi connectivity index (χ4v) is 2.63. The first-order chi connectivity index (χ1) is 8.31. The molecule has 0 saturated heterocycles. The molecule has 1 saturated carbocycles. The van der Waals surface area contributed by atoms with Crippen molar-refractivity contribution in [2.75, 3.05) is 6.54 Å². The van der Waals surface area contributed by atoms with E-state index in [-0.39, 0.29) is 0 Å². The zero-order chi connectivity index (χ0) is 11.7. The van der Waals surface area contributed by atoms with Crippen molar-refractivity contribution in [1.82, 2.24) is 15.5 Å². The number of hydrogen-bond donors (Lipinski definition) is 2. The number of rotatable bonds is 4. The lowest BCUT2D eigenvalue weighted by Gasteiger charge is -2.33. The molecule has 3 rings (SSSR count). The van der Waals surface area contributed by atoms with Crippen LogP contribution in [-0.4, -0.2) is 22.8 Å². The normalized spacial score (nSPS) is 23.8. The van der Waals surface area contributed by atoms with Gasteiger partial charge >= 0.3 is 0 Å². The van der Waals surface area contributed by atoms with Crippen LogP contribution < -0.4 is 5.32 Å². The predicted octanol–water partition coefficient (Wildman–Crippen LogP) is 2.49. The molecule has 0 spiro atoms. The summed E-state index contributed by atoms with van der Waals surface area (Å²) in [5.41, 5.74) is 2.52. The van der Waals surface area contributed by atoms with Crippen LogP contribution in [0.4, 0.5) is 0 Å².